The minimum atomic E-state index is -0.0446. The van der Waals surface area contributed by atoms with E-state index in [1.54, 1.807) is 37.7 Å². The van der Waals surface area contributed by atoms with Crippen molar-refractivity contribution in [2.45, 2.75) is 0 Å². The van der Waals surface area contributed by atoms with Crippen LogP contribution >= 0.6 is 0 Å². The third kappa shape index (κ3) is 4.06. The molecule has 5 rings (SSSR count). The molecule has 3 aromatic rings. The van der Waals surface area contributed by atoms with Crippen molar-refractivity contribution in [3.05, 3.63) is 52.9 Å². The van der Waals surface area contributed by atoms with E-state index in [4.69, 9.17) is 9.15 Å². The van der Waals surface area contributed by atoms with Gasteiger partial charge in [-0.05, 0) is 24.3 Å². The lowest BCUT2D eigenvalue weighted by atomic mass is 10.2. The van der Waals surface area contributed by atoms with Gasteiger partial charge in [0.15, 0.2) is 11.3 Å². The second-order valence-corrected chi connectivity index (χ2v) is 7.74. The van der Waals surface area contributed by atoms with Crippen molar-refractivity contribution in [2.75, 3.05) is 69.3 Å². The topological polar surface area (TPSA) is 78.2 Å². The van der Waals surface area contributed by atoms with Crippen LogP contribution in [0, 0.1) is 0 Å². The third-order valence-electron chi connectivity index (χ3n) is 5.98. The Hall–Kier alpha value is -3.17. The molecule has 1 aromatic carbocycles. The van der Waals surface area contributed by atoms with E-state index in [-0.39, 0.29) is 5.43 Å². The van der Waals surface area contributed by atoms with Gasteiger partial charge in [0.25, 0.3) is 0 Å². The highest BCUT2D eigenvalue weighted by Gasteiger charge is 2.27. The quantitative estimate of drug-likeness (QED) is 0.621. The summed E-state index contributed by atoms with van der Waals surface area (Å²) in [5, 5.41) is 5.37. The minimum absolute atomic E-state index is 0.0446. The first-order chi connectivity index (χ1) is 15.2. The number of hydrogen-bond donors (Lipinski definition) is 0. The van der Waals surface area contributed by atoms with Gasteiger partial charge in [0, 0.05) is 70.8 Å². The van der Waals surface area contributed by atoms with E-state index in [0.29, 0.717) is 22.6 Å². The lowest BCUT2D eigenvalue weighted by Crippen LogP contribution is -2.59. The number of hydrazine groups is 1. The van der Waals surface area contributed by atoms with Crippen LogP contribution in [-0.4, -0.2) is 79.5 Å². The molecule has 2 aliphatic rings. The van der Waals surface area contributed by atoms with Crippen LogP contribution in [0.4, 0.5) is 11.8 Å². The number of hydrogen-bond acceptors (Lipinski definition) is 9. The maximum absolute atomic E-state index is 12.6. The standard InChI is InChI=1S/C22H26N6O3/c1-30-17-3-4-20-18(15-17)19(29)16-21(31-20)25-7-11-27(12-8-25)28-13-9-26(10-14-28)22-23-5-2-6-24-22/h2-6,15-16H,7-14H2,1H3. The molecule has 162 valence electrons. The number of nitrogens with zero attached hydrogens (tertiary/aromatic N) is 6. The Morgan fingerprint density at radius 2 is 1.52 bits per heavy atom. The number of fused-ring (bicyclic) bond motifs is 1. The summed E-state index contributed by atoms with van der Waals surface area (Å²) in [6.07, 6.45) is 3.57. The van der Waals surface area contributed by atoms with Crippen molar-refractivity contribution in [3.63, 3.8) is 0 Å². The first-order valence-corrected chi connectivity index (χ1v) is 10.6. The van der Waals surface area contributed by atoms with Crippen molar-refractivity contribution in [1.82, 2.24) is 20.0 Å². The highest BCUT2D eigenvalue weighted by molar-refractivity contribution is 5.79. The molecular formula is C22H26N6O3. The van der Waals surface area contributed by atoms with Crippen molar-refractivity contribution in [1.29, 1.82) is 0 Å². The van der Waals surface area contributed by atoms with E-state index in [2.05, 4.69) is 29.8 Å². The zero-order valence-corrected chi connectivity index (χ0v) is 17.6. The molecule has 0 spiro atoms. The zero-order chi connectivity index (χ0) is 21.2. The largest absolute Gasteiger partial charge is 0.497 e. The molecule has 2 fully saturated rings. The fourth-order valence-corrected chi connectivity index (χ4v) is 4.24. The molecule has 4 heterocycles. The summed E-state index contributed by atoms with van der Waals surface area (Å²) in [6.45, 7) is 7.13. The van der Waals surface area contributed by atoms with Crippen LogP contribution in [0.1, 0.15) is 0 Å². The number of piperazine rings is 2. The van der Waals surface area contributed by atoms with Gasteiger partial charge >= 0.3 is 0 Å². The van der Waals surface area contributed by atoms with Crippen molar-refractivity contribution in [3.8, 4) is 5.75 Å². The Morgan fingerprint density at radius 1 is 0.871 bits per heavy atom. The Morgan fingerprint density at radius 3 is 2.16 bits per heavy atom. The molecule has 2 aromatic heterocycles. The van der Waals surface area contributed by atoms with E-state index in [9.17, 15) is 4.79 Å². The molecule has 0 atom stereocenters. The van der Waals surface area contributed by atoms with Crippen molar-refractivity contribution in [2.24, 2.45) is 0 Å². The fourth-order valence-electron chi connectivity index (χ4n) is 4.24. The highest BCUT2D eigenvalue weighted by Crippen LogP contribution is 2.24. The van der Waals surface area contributed by atoms with Gasteiger partial charge in [-0.2, -0.15) is 0 Å². The molecule has 0 unspecified atom stereocenters. The Bertz CT molecular complexity index is 1090. The van der Waals surface area contributed by atoms with Gasteiger partial charge in [-0.15, -0.1) is 0 Å². The molecule has 9 heteroatoms. The molecule has 0 aliphatic carbocycles. The van der Waals surface area contributed by atoms with Crippen molar-refractivity contribution >= 4 is 22.8 Å². The van der Waals surface area contributed by atoms with Crippen LogP contribution in [0.15, 0.2) is 51.9 Å². The smallest absolute Gasteiger partial charge is 0.225 e. The van der Waals surface area contributed by atoms with Crippen LogP contribution in [0.5, 0.6) is 5.75 Å². The number of rotatable bonds is 4. The van der Waals surface area contributed by atoms with Crippen LogP contribution in [-0.2, 0) is 0 Å². The summed E-state index contributed by atoms with van der Waals surface area (Å²) in [5.74, 6) is 2.09. The molecular weight excluding hydrogens is 396 g/mol. The number of ether oxygens (including phenoxy) is 1. The normalized spacial score (nSPS) is 18.5. The molecule has 0 radical (unpaired) electrons. The minimum Gasteiger partial charge on any atom is -0.497 e. The van der Waals surface area contributed by atoms with Crippen LogP contribution in [0.25, 0.3) is 11.0 Å². The van der Waals surface area contributed by atoms with E-state index in [1.807, 2.05) is 12.1 Å². The van der Waals surface area contributed by atoms with E-state index >= 15 is 0 Å². The maximum Gasteiger partial charge on any atom is 0.225 e. The molecule has 2 saturated heterocycles. The summed E-state index contributed by atoms with van der Waals surface area (Å²) < 4.78 is 11.3. The average Bonchev–Trinajstić information content (AvgIpc) is 2.84. The molecule has 9 nitrogen and oxygen atoms in total. The van der Waals surface area contributed by atoms with Gasteiger partial charge < -0.3 is 19.0 Å². The second-order valence-electron chi connectivity index (χ2n) is 7.74. The van der Waals surface area contributed by atoms with Crippen LogP contribution in [0.2, 0.25) is 0 Å². The monoisotopic (exact) mass is 422 g/mol. The lowest BCUT2D eigenvalue weighted by molar-refractivity contribution is -0.0336. The number of anilines is 2. The van der Waals surface area contributed by atoms with Gasteiger partial charge in [0.2, 0.25) is 5.95 Å². The van der Waals surface area contributed by atoms with Gasteiger partial charge in [-0.25, -0.2) is 20.0 Å². The summed E-state index contributed by atoms with van der Waals surface area (Å²) in [5.41, 5.74) is 0.543. The van der Waals surface area contributed by atoms with E-state index in [1.165, 1.54) is 0 Å². The van der Waals surface area contributed by atoms with Crippen LogP contribution < -0.4 is 20.0 Å². The highest BCUT2D eigenvalue weighted by atomic mass is 16.5. The molecule has 0 amide bonds. The molecule has 0 N–H and O–H groups in total. The lowest BCUT2D eigenvalue weighted by Gasteiger charge is -2.44. The van der Waals surface area contributed by atoms with Gasteiger partial charge in [0.05, 0.1) is 12.5 Å². The summed E-state index contributed by atoms with van der Waals surface area (Å²) in [7, 11) is 1.59. The molecule has 0 saturated carbocycles. The Labute approximate surface area is 180 Å². The van der Waals surface area contributed by atoms with E-state index < -0.39 is 0 Å². The number of methoxy groups -OCH3 is 1. The fraction of sp³-hybridized carbons (Fsp3) is 0.409. The van der Waals surface area contributed by atoms with Crippen LogP contribution in [0.3, 0.4) is 0 Å². The summed E-state index contributed by atoms with van der Waals surface area (Å²) in [4.78, 5) is 25.7. The second kappa shape index (κ2) is 8.52. The third-order valence-corrected chi connectivity index (χ3v) is 5.98. The molecule has 0 bridgehead atoms. The first-order valence-electron chi connectivity index (χ1n) is 10.6. The number of benzene rings is 1. The summed E-state index contributed by atoms with van der Waals surface area (Å²) >= 11 is 0. The zero-order valence-electron chi connectivity index (χ0n) is 17.6. The Kier molecular flexibility index (Phi) is 5.44. The van der Waals surface area contributed by atoms with Gasteiger partial charge in [-0.3, -0.25) is 4.79 Å². The predicted octanol–water partition coefficient (Wildman–Crippen LogP) is 1.45. The molecule has 2 aliphatic heterocycles. The van der Waals surface area contributed by atoms with Gasteiger partial charge in [-0.1, -0.05) is 0 Å². The summed E-state index contributed by atoms with van der Waals surface area (Å²) in [6, 6.07) is 8.77. The molecule has 31 heavy (non-hydrogen) atoms. The first kappa shape index (κ1) is 19.8. The van der Waals surface area contributed by atoms with Crippen molar-refractivity contribution < 1.29 is 9.15 Å². The maximum atomic E-state index is 12.6. The SMILES string of the molecule is COc1ccc2oc(N3CCN(N4CCN(c5ncccn5)CC4)CC3)cc(=O)c2c1. The predicted molar refractivity (Wildman–Crippen MR) is 119 cm³/mol. The van der Waals surface area contributed by atoms with Gasteiger partial charge in [0.1, 0.15) is 11.3 Å². The number of aromatic nitrogens is 2. The Balaban J connectivity index is 1.20. The van der Waals surface area contributed by atoms with E-state index in [0.717, 1.165) is 58.3 Å². The average molecular weight is 422 g/mol.